The van der Waals surface area contributed by atoms with Crippen LogP contribution in [0, 0.1) is 6.92 Å². The van der Waals surface area contributed by atoms with Crippen molar-refractivity contribution in [1.29, 1.82) is 0 Å². The Morgan fingerprint density at radius 3 is 2.58 bits per heavy atom. The number of carbonyl (C=O) groups is 3. The fraction of sp³-hybridized carbons (Fsp3) is 0.107. The summed E-state index contributed by atoms with van der Waals surface area (Å²) in [5, 5.41) is 4.10. The first kappa shape index (κ1) is 23.9. The number of nitrogens with zero attached hydrogens (tertiary/aromatic N) is 2. The molecule has 5 rings (SSSR count). The predicted octanol–water partition coefficient (Wildman–Crippen LogP) is 6.48. The number of para-hydroxylation sites is 1. The fourth-order valence-electron chi connectivity index (χ4n) is 4.15. The van der Waals surface area contributed by atoms with Crippen molar-refractivity contribution in [3.05, 3.63) is 106 Å². The molecule has 3 amide bonds. The fourth-order valence-corrected chi connectivity index (χ4v) is 5.10. The van der Waals surface area contributed by atoms with Gasteiger partial charge in [0, 0.05) is 33.4 Å². The van der Waals surface area contributed by atoms with E-state index in [1.54, 1.807) is 30.3 Å². The molecule has 0 unspecified atom stereocenters. The van der Waals surface area contributed by atoms with Gasteiger partial charge in [0.05, 0.1) is 11.4 Å². The first-order valence-corrected chi connectivity index (χ1v) is 12.5. The van der Waals surface area contributed by atoms with E-state index in [-0.39, 0.29) is 30.1 Å². The molecular formula is C28H22ClN3O3S. The maximum absolute atomic E-state index is 13.1. The average molecular weight is 516 g/mol. The summed E-state index contributed by atoms with van der Waals surface area (Å²) >= 11 is 6.86. The molecular weight excluding hydrogens is 494 g/mol. The van der Waals surface area contributed by atoms with Gasteiger partial charge in [0.25, 0.3) is 11.1 Å². The first-order chi connectivity index (χ1) is 17.4. The van der Waals surface area contributed by atoms with Crippen LogP contribution in [0.15, 0.2) is 83.9 Å². The SMILES string of the molecule is Cc1cccc(NC(=O)Cn2cc(/C=C3/SC(=O)N(Cc4ccc(Cl)cc4)C3=O)c3ccccc32)c1. The number of rotatable bonds is 6. The highest BCUT2D eigenvalue weighted by Crippen LogP contribution is 2.35. The van der Waals surface area contributed by atoms with Crippen LogP contribution in [0.5, 0.6) is 0 Å². The van der Waals surface area contributed by atoms with Gasteiger partial charge in [0.1, 0.15) is 6.54 Å². The van der Waals surface area contributed by atoms with E-state index in [4.69, 9.17) is 11.6 Å². The van der Waals surface area contributed by atoms with Crippen LogP contribution in [-0.2, 0) is 22.7 Å². The second-order valence-electron chi connectivity index (χ2n) is 8.54. The van der Waals surface area contributed by atoms with Gasteiger partial charge >= 0.3 is 0 Å². The average Bonchev–Trinajstić information content (AvgIpc) is 3.32. The van der Waals surface area contributed by atoms with Gasteiger partial charge < -0.3 is 9.88 Å². The second kappa shape index (κ2) is 10.0. The van der Waals surface area contributed by atoms with Gasteiger partial charge in [-0.25, -0.2) is 0 Å². The molecule has 1 saturated heterocycles. The summed E-state index contributed by atoms with van der Waals surface area (Å²) in [6.07, 6.45) is 3.57. The Morgan fingerprint density at radius 2 is 1.81 bits per heavy atom. The van der Waals surface area contributed by atoms with E-state index in [9.17, 15) is 14.4 Å². The summed E-state index contributed by atoms with van der Waals surface area (Å²) in [5.41, 5.74) is 4.26. The number of fused-ring (bicyclic) bond motifs is 1. The Morgan fingerprint density at radius 1 is 1.03 bits per heavy atom. The lowest BCUT2D eigenvalue weighted by Crippen LogP contribution is -2.27. The Kier molecular flexibility index (Phi) is 6.67. The zero-order valence-electron chi connectivity index (χ0n) is 19.4. The standard InChI is InChI=1S/C28H22ClN3O3S/c1-18-5-4-6-22(13-18)30-26(33)17-31-16-20(23-7-2-3-8-24(23)31)14-25-27(34)32(28(35)36-25)15-19-9-11-21(29)12-10-19/h2-14,16H,15,17H2,1H3,(H,30,33)/b25-14+. The number of imide groups is 1. The number of nitrogens with one attached hydrogen (secondary N) is 1. The molecule has 2 heterocycles. The molecule has 1 aromatic heterocycles. The van der Waals surface area contributed by atoms with Crippen molar-refractivity contribution in [1.82, 2.24) is 9.47 Å². The molecule has 1 aliphatic rings. The normalized spacial score (nSPS) is 14.7. The van der Waals surface area contributed by atoms with Crippen molar-refractivity contribution in [2.75, 3.05) is 5.32 Å². The van der Waals surface area contributed by atoms with Gasteiger partial charge in [-0.15, -0.1) is 0 Å². The lowest BCUT2D eigenvalue weighted by atomic mass is 10.1. The van der Waals surface area contributed by atoms with Gasteiger partial charge in [0.2, 0.25) is 5.91 Å². The molecule has 6 nitrogen and oxygen atoms in total. The Hall–Kier alpha value is -3.81. The smallest absolute Gasteiger partial charge is 0.293 e. The molecule has 0 spiro atoms. The molecule has 1 N–H and O–H groups in total. The van der Waals surface area contributed by atoms with Crippen LogP contribution < -0.4 is 5.32 Å². The quantitative estimate of drug-likeness (QED) is 0.298. The van der Waals surface area contributed by atoms with Gasteiger partial charge in [-0.1, -0.05) is 54.1 Å². The zero-order valence-corrected chi connectivity index (χ0v) is 21.0. The third-order valence-electron chi connectivity index (χ3n) is 5.85. The number of hydrogen-bond acceptors (Lipinski definition) is 4. The summed E-state index contributed by atoms with van der Waals surface area (Å²) in [6.45, 7) is 2.26. The number of thioether (sulfide) groups is 1. The number of anilines is 1. The first-order valence-electron chi connectivity index (χ1n) is 11.3. The second-order valence-corrected chi connectivity index (χ2v) is 9.97. The van der Waals surface area contributed by atoms with Crippen molar-refractivity contribution < 1.29 is 14.4 Å². The van der Waals surface area contributed by atoms with Crippen LogP contribution in [0.2, 0.25) is 5.02 Å². The van der Waals surface area contributed by atoms with Crippen molar-refractivity contribution in [2.45, 2.75) is 20.0 Å². The third kappa shape index (κ3) is 5.08. The highest BCUT2D eigenvalue weighted by molar-refractivity contribution is 8.18. The van der Waals surface area contributed by atoms with Gasteiger partial charge in [0.15, 0.2) is 0 Å². The lowest BCUT2D eigenvalue weighted by molar-refractivity contribution is -0.123. The summed E-state index contributed by atoms with van der Waals surface area (Å²) in [6, 6.07) is 22.4. The van der Waals surface area contributed by atoms with E-state index >= 15 is 0 Å². The number of carbonyl (C=O) groups excluding carboxylic acids is 3. The van der Waals surface area contributed by atoms with Crippen LogP contribution in [0.1, 0.15) is 16.7 Å². The van der Waals surface area contributed by atoms with E-state index in [1.807, 2.05) is 66.2 Å². The van der Waals surface area contributed by atoms with Crippen LogP contribution in [0.4, 0.5) is 10.5 Å². The van der Waals surface area contributed by atoms with E-state index < -0.39 is 0 Å². The molecule has 36 heavy (non-hydrogen) atoms. The molecule has 1 aliphatic heterocycles. The van der Waals surface area contributed by atoms with Crippen molar-refractivity contribution in [2.24, 2.45) is 0 Å². The van der Waals surface area contributed by atoms with E-state index in [1.165, 1.54) is 4.90 Å². The highest BCUT2D eigenvalue weighted by Gasteiger charge is 2.35. The molecule has 8 heteroatoms. The molecule has 180 valence electrons. The predicted molar refractivity (Wildman–Crippen MR) is 145 cm³/mol. The number of aromatic nitrogens is 1. The number of hydrogen-bond donors (Lipinski definition) is 1. The minimum Gasteiger partial charge on any atom is -0.337 e. The Bertz CT molecular complexity index is 1520. The van der Waals surface area contributed by atoms with Crippen LogP contribution in [0.3, 0.4) is 0 Å². The van der Waals surface area contributed by atoms with Crippen LogP contribution >= 0.6 is 23.4 Å². The topological polar surface area (TPSA) is 71.4 Å². The molecule has 0 bridgehead atoms. The third-order valence-corrected chi connectivity index (χ3v) is 7.01. The van der Waals surface area contributed by atoms with E-state index in [0.29, 0.717) is 9.93 Å². The van der Waals surface area contributed by atoms with Gasteiger partial charge in [-0.05, 0) is 66.2 Å². The Balaban J connectivity index is 1.39. The van der Waals surface area contributed by atoms with Crippen molar-refractivity contribution in [3.8, 4) is 0 Å². The maximum Gasteiger partial charge on any atom is 0.293 e. The van der Waals surface area contributed by atoms with E-state index in [0.717, 1.165) is 45.0 Å². The number of amides is 3. The van der Waals surface area contributed by atoms with Crippen LogP contribution in [-0.4, -0.2) is 26.5 Å². The maximum atomic E-state index is 13.1. The molecule has 4 aromatic rings. The molecule has 0 aliphatic carbocycles. The number of halogens is 1. The van der Waals surface area contributed by atoms with Crippen molar-refractivity contribution in [3.63, 3.8) is 0 Å². The zero-order chi connectivity index (χ0) is 25.2. The largest absolute Gasteiger partial charge is 0.337 e. The van der Waals surface area contributed by atoms with Crippen molar-refractivity contribution >= 4 is 63.1 Å². The minimum absolute atomic E-state index is 0.111. The molecule has 0 atom stereocenters. The van der Waals surface area contributed by atoms with Crippen LogP contribution in [0.25, 0.3) is 17.0 Å². The van der Waals surface area contributed by atoms with Gasteiger partial charge in [-0.2, -0.15) is 0 Å². The molecule has 0 saturated carbocycles. The summed E-state index contributed by atoms with van der Waals surface area (Å²) in [5.74, 6) is -0.495. The summed E-state index contributed by atoms with van der Waals surface area (Å²) < 4.78 is 1.85. The van der Waals surface area contributed by atoms with Gasteiger partial charge in [-0.3, -0.25) is 19.3 Å². The summed E-state index contributed by atoms with van der Waals surface area (Å²) in [7, 11) is 0. The van der Waals surface area contributed by atoms with E-state index in [2.05, 4.69) is 5.32 Å². The molecule has 1 fully saturated rings. The number of aryl methyl sites for hydroxylation is 1. The Labute approximate surface area is 217 Å². The number of benzene rings is 3. The molecule has 3 aromatic carbocycles. The minimum atomic E-state index is -0.339. The molecule has 0 radical (unpaired) electrons. The highest BCUT2D eigenvalue weighted by atomic mass is 35.5. The summed E-state index contributed by atoms with van der Waals surface area (Å²) in [4.78, 5) is 40.0. The lowest BCUT2D eigenvalue weighted by Gasteiger charge is -2.12. The monoisotopic (exact) mass is 515 g/mol.